The smallest absolute Gasteiger partial charge is 0.403 e. The predicted octanol–water partition coefficient (Wildman–Crippen LogP) is 2.41. The van der Waals surface area contributed by atoms with Crippen molar-refractivity contribution in [2.24, 2.45) is 5.73 Å². The van der Waals surface area contributed by atoms with Crippen molar-refractivity contribution in [3.05, 3.63) is 29.6 Å². The normalized spacial score (nSPS) is 25.5. The summed E-state index contributed by atoms with van der Waals surface area (Å²) in [4.78, 5) is 12.0. The summed E-state index contributed by atoms with van der Waals surface area (Å²) in [5.74, 6) is -3.21. The van der Waals surface area contributed by atoms with E-state index in [1.54, 1.807) is 0 Å². The van der Waals surface area contributed by atoms with E-state index in [1.807, 2.05) is 0 Å². The van der Waals surface area contributed by atoms with Gasteiger partial charge in [0.05, 0.1) is 0 Å². The summed E-state index contributed by atoms with van der Waals surface area (Å²) in [6.45, 7) is 0. The van der Waals surface area contributed by atoms with E-state index in [0.29, 0.717) is 6.42 Å². The van der Waals surface area contributed by atoms with E-state index in [-0.39, 0.29) is 25.2 Å². The minimum Gasteiger partial charge on any atom is -0.403 e. The van der Waals surface area contributed by atoms with Crippen molar-refractivity contribution in [3.8, 4) is 5.75 Å². The van der Waals surface area contributed by atoms with E-state index < -0.39 is 40.9 Å². The van der Waals surface area contributed by atoms with Crippen LogP contribution in [0.5, 0.6) is 5.75 Å². The van der Waals surface area contributed by atoms with E-state index in [1.165, 1.54) is 0 Å². The van der Waals surface area contributed by atoms with Crippen LogP contribution < -0.4 is 10.5 Å². The molecule has 0 aliphatic heterocycles. The fraction of sp³-hybridized carbons (Fsp3) is 0.462. The minimum absolute atomic E-state index is 0. The van der Waals surface area contributed by atoms with Gasteiger partial charge in [-0.1, -0.05) is 12.1 Å². The zero-order chi connectivity index (χ0) is 15.8. The maximum atomic E-state index is 14.2. The number of alkyl halides is 3. The Kier molecular flexibility index (Phi) is 5.42. The quantitative estimate of drug-likeness (QED) is 0.809. The molecule has 1 aliphatic rings. The molecule has 0 bridgehead atoms. The number of nitrogens with two attached hydrogens (primary N) is 1. The van der Waals surface area contributed by atoms with Gasteiger partial charge in [0.15, 0.2) is 17.3 Å². The Labute approximate surface area is 129 Å². The van der Waals surface area contributed by atoms with Crippen LogP contribution in [0.3, 0.4) is 0 Å². The van der Waals surface area contributed by atoms with Crippen LogP contribution >= 0.6 is 12.4 Å². The van der Waals surface area contributed by atoms with Crippen LogP contribution in [0.2, 0.25) is 0 Å². The van der Waals surface area contributed by atoms with E-state index in [2.05, 4.69) is 4.74 Å². The van der Waals surface area contributed by atoms with E-state index in [9.17, 15) is 27.5 Å². The Hall–Kier alpha value is -1.38. The molecule has 2 unspecified atom stereocenters. The second kappa shape index (κ2) is 6.39. The molecule has 1 aromatic rings. The van der Waals surface area contributed by atoms with E-state index >= 15 is 0 Å². The van der Waals surface area contributed by atoms with Gasteiger partial charge in [-0.2, -0.15) is 0 Å². The molecule has 2 atom stereocenters. The minimum atomic E-state index is -5.06. The largest absolute Gasteiger partial charge is 0.573 e. The monoisotopic (exact) mass is 343 g/mol. The molecule has 0 radical (unpaired) electrons. The van der Waals surface area contributed by atoms with Crippen LogP contribution in [0.1, 0.15) is 24.8 Å². The number of ketones is 1. The van der Waals surface area contributed by atoms with Gasteiger partial charge in [0.25, 0.3) is 0 Å². The highest BCUT2D eigenvalue weighted by Gasteiger charge is 2.45. The summed E-state index contributed by atoms with van der Waals surface area (Å²) in [7, 11) is 0. The van der Waals surface area contributed by atoms with Gasteiger partial charge < -0.3 is 15.6 Å². The lowest BCUT2D eigenvalue weighted by atomic mass is 9.75. The molecular formula is C13H14ClF4NO3. The Balaban J connectivity index is 0.00000242. The first-order valence-electron chi connectivity index (χ1n) is 6.21. The molecule has 4 nitrogen and oxygen atoms in total. The van der Waals surface area contributed by atoms with Gasteiger partial charge in [0.1, 0.15) is 11.6 Å². The molecule has 2 rings (SSSR count). The third-order valence-electron chi connectivity index (χ3n) is 3.46. The maximum absolute atomic E-state index is 14.2. The van der Waals surface area contributed by atoms with Crippen molar-refractivity contribution in [3.63, 3.8) is 0 Å². The molecule has 22 heavy (non-hydrogen) atoms. The molecule has 1 fully saturated rings. The topological polar surface area (TPSA) is 72.6 Å². The number of carbonyl (C=O) groups excluding carboxylic acids is 1. The van der Waals surface area contributed by atoms with Crippen LogP contribution in [0, 0.1) is 5.82 Å². The summed E-state index contributed by atoms with van der Waals surface area (Å²) < 4.78 is 54.4. The standard InChI is InChI=1S/C13H13F4NO3.ClH/c14-10-7(3-1-5-9(10)21-13(15,16)17)12(18)6-2-4-8(19)11(12)20;/h1,3,5,8,19H,2,4,6,18H2;1H. The number of carbonyl (C=O) groups is 1. The molecule has 0 spiro atoms. The van der Waals surface area contributed by atoms with Crippen molar-refractivity contribution in [2.45, 2.75) is 37.3 Å². The highest BCUT2D eigenvalue weighted by Crippen LogP contribution is 2.37. The van der Waals surface area contributed by atoms with Gasteiger partial charge in [-0.15, -0.1) is 25.6 Å². The number of aliphatic hydroxyl groups excluding tert-OH is 1. The zero-order valence-electron chi connectivity index (χ0n) is 11.2. The Morgan fingerprint density at radius 2 is 2.00 bits per heavy atom. The molecule has 9 heteroatoms. The summed E-state index contributed by atoms with van der Waals surface area (Å²) in [6, 6.07) is 3.02. The molecule has 1 saturated carbocycles. The summed E-state index contributed by atoms with van der Waals surface area (Å²) in [5.41, 5.74) is 3.60. The van der Waals surface area contributed by atoms with Gasteiger partial charge in [0.2, 0.25) is 0 Å². The number of hydrogen-bond donors (Lipinski definition) is 2. The third-order valence-corrected chi connectivity index (χ3v) is 3.46. The van der Waals surface area contributed by atoms with Crippen LogP contribution in [-0.2, 0) is 10.3 Å². The van der Waals surface area contributed by atoms with Crippen molar-refractivity contribution < 1.29 is 32.2 Å². The predicted molar refractivity (Wildman–Crippen MR) is 71.1 cm³/mol. The first-order chi connectivity index (χ1) is 9.65. The van der Waals surface area contributed by atoms with Crippen LogP contribution in [0.4, 0.5) is 17.6 Å². The number of benzene rings is 1. The molecule has 0 heterocycles. The second-order valence-corrected chi connectivity index (χ2v) is 4.91. The number of Topliss-reactive ketones (excluding diaryl/α,β-unsaturated/α-hetero) is 1. The Morgan fingerprint density at radius 3 is 2.59 bits per heavy atom. The highest BCUT2D eigenvalue weighted by atomic mass is 35.5. The van der Waals surface area contributed by atoms with Gasteiger partial charge in [0, 0.05) is 5.56 Å². The van der Waals surface area contributed by atoms with Crippen molar-refractivity contribution in [2.75, 3.05) is 0 Å². The van der Waals surface area contributed by atoms with Gasteiger partial charge in [-0.25, -0.2) is 4.39 Å². The lowest BCUT2D eigenvalue weighted by Gasteiger charge is -2.35. The van der Waals surface area contributed by atoms with Crippen molar-refractivity contribution >= 4 is 18.2 Å². The van der Waals surface area contributed by atoms with Crippen molar-refractivity contribution in [1.29, 1.82) is 0 Å². The maximum Gasteiger partial charge on any atom is 0.573 e. The number of aliphatic hydroxyl groups is 1. The van der Waals surface area contributed by atoms with Crippen LogP contribution in [0.25, 0.3) is 0 Å². The second-order valence-electron chi connectivity index (χ2n) is 4.91. The molecule has 0 amide bonds. The molecule has 1 aliphatic carbocycles. The molecule has 0 aromatic heterocycles. The molecular weight excluding hydrogens is 330 g/mol. The van der Waals surface area contributed by atoms with Gasteiger partial charge in [-0.3, -0.25) is 4.79 Å². The lowest BCUT2D eigenvalue weighted by molar-refractivity contribution is -0.275. The molecule has 1 aromatic carbocycles. The fourth-order valence-corrected chi connectivity index (χ4v) is 2.45. The van der Waals surface area contributed by atoms with E-state index in [4.69, 9.17) is 5.73 Å². The third kappa shape index (κ3) is 3.50. The molecule has 0 saturated heterocycles. The Bertz CT molecular complexity index is 567. The average Bonchev–Trinajstić information content (AvgIpc) is 2.37. The van der Waals surface area contributed by atoms with Crippen molar-refractivity contribution in [1.82, 2.24) is 0 Å². The fourth-order valence-electron chi connectivity index (χ4n) is 2.45. The number of hydrogen-bond acceptors (Lipinski definition) is 4. The van der Waals surface area contributed by atoms with Crippen LogP contribution in [-0.4, -0.2) is 23.4 Å². The lowest BCUT2D eigenvalue weighted by Crippen LogP contribution is -2.53. The van der Waals surface area contributed by atoms with Gasteiger partial charge in [-0.05, 0) is 25.3 Å². The zero-order valence-corrected chi connectivity index (χ0v) is 12.0. The van der Waals surface area contributed by atoms with E-state index in [0.717, 1.165) is 18.2 Å². The summed E-state index contributed by atoms with van der Waals surface area (Å²) in [5, 5.41) is 9.56. The summed E-state index contributed by atoms with van der Waals surface area (Å²) in [6.07, 6.45) is -5.83. The summed E-state index contributed by atoms with van der Waals surface area (Å²) >= 11 is 0. The number of halogens is 5. The SMILES string of the molecule is Cl.NC1(c2cccc(OC(F)(F)F)c2F)CCCC(O)C1=O. The number of ether oxygens (including phenoxy) is 1. The molecule has 124 valence electrons. The first-order valence-corrected chi connectivity index (χ1v) is 6.21. The Morgan fingerprint density at radius 1 is 1.36 bits per heavy atom. The number of rotatable bonds is 2. The molecule has 3 N–H and O–H groups in total. The first kappa shape index (κ1) is 18.7. The van der Waals surface area contributed by atoms with Gasteiger partial charge >= 0.3 is 6.36 Å². The van der Waals surface area contributed by atoms with Crippen LogP contribution in [0.15, 0.2) is 18.2 Å². The highest BCUT2D eigenvalue weighted by molar-refractivity contribution is 5.93. The average molecular weight is 344 g/mol.